The fourth-order valence-electron chi connectivity index (χ4n) is 4.00. The predicted octanol–water partition coefficient (Wildman–Crippen LogP) is 7.10. The van der Waals surface area contributed by atoms with Crippen LogP contribution in [0.25, 0.3) is 37.8 Å². The lowest BCUT2D eigenvalue weighted by molar-refractivity contribution is 0.590. The van der Waals surface area contributed by atoms with Crippen molar-refractivity contribution in [1.29, 1.82) is 0 Å². The Balaban J connectivity index is 1.44. The van der Waals surface area contributed by atoms with Crippen LogP contribution in [0.4, 0.5) is 0 Å². The average Bonchev–Trinajstić information content (AvgIpc) is 3.45. The van der Waals surface area contributed by atoms with E-state index in [9.17, 15) is 8.42 Å². The summed E-state index contributed by atoms with van der Waals surface area (Å²) in [5.41, 5.74) is 6.55. The number of imidazole rings is 1. The van der Waals surface area contributed by atoms with Gasteiger partial charge in [-0.3, -0.25) is 4.40 Å². The maximum Gasteiger partial charge on any atom is 0.175 e. The molecular weight excluding hydrogens is 460 g/mol. The van der Waals surface area contributed by atoms with Crippen LogP contribution in [0.5, 0.6) is 0 Å². The number of sulfone groups is 1. The molecule has 172 valence electrons. The maximum atomic E-state index is 11.7. The fourth-order valence-corrected chi connectivity index (χ4v) is 5.65. The Morgan fingerprint density at radius 1 is 0.794 bits per heavy atom. The molecule has 0 aliphatic rings. The van der Waals surface area contributed by atoms with Gasteiger partial charge in [0.2, 0.25) is 0 Å². The Hall–Kier alpha value is -3.22. The first kappa shape index (κ1) is 22.6. The number of hydrogen-bond acceptors (Lipinski definition) is 4. The summed E-state index contributed by atoms with van der Waals surface area (Å²) in [6.07, 6.45) is 5.15. The Kier molecular flexibility index (Phi) is 5.46. The number of rotatable bonds is 4. The Bertz CT molecular complexity index is 1590. The van der Waals surface area contributed by atoms with Crippen LogP contribution in [0, 0.1) is 0 Å². The third-order valence-electron chi connectivity index (χ3n) is 6.02. The highest BCUT2D eigenvalue weighted by molar-refractivity contribution is 7.90. The molecule has 3 aromatic heterocycles. The van der Waals surface area contributed by atoms with Crippen LogP contribution < -0.4 is 0 Å². The third kappa shape index (κ3) is 4.31. The summed E-state index contributed by atoms with van der Waals surface area (Å²) < 4.78 is 25.5. The van der Waals surface area contributed by atoms with Crippen molar-refractivity contribution in [2.24, 2.45) is 0 Å². The monoisotopic (exact) mass is 486 g/mol. The molecule has 0 bridgehead atoms. The number of pyridine rings is 1. The molecular formula is C28H26N2O2S2. The van der Waals surface area contributed by atoms with Gasteiger partial charge in [0.1, 0.15) is 5.65 Å². The summed E-state index contributed by atoms with van der Waals surface area (Å²) in [7, 11) is -3.21. The van der Waals surface area contributed by atoms with Gasteiger partial charge in [0, 0.05) is 17.3 Å². The predicted molar refractivity (Wildman–Crippen MR) is 141 cm³/mol. The molecule has 0 aliphatic heterocycles. The SMILES string of the molecule is CC(C)(C)c1ccc(-c2ccc(-c3cnc4cc(-c5ccc(S(C)(=O)=O)cc5)ccn34)s2)cc1. The van der Waals surface area contributed by atoms with Crippen molar-refractivity contribution in [2.75, 3.05) is 6.26 Å². The molecule has 0 spiro atoms. The molecule has 0 fully saturated rings. The summed E-state index contributed by atoms with van der Waals surface area (Å²) in [6.45, 7) is 6.68. The van der Waals surface area contributed by atoms with Gasteiger partial charge < -0.3 is 0 Å². The summed E-state index contributed by atoms with van der Waals surface area (Å²) >= 11 is 1.76. The first-order valence-electron chi connectivity index (χ1n) is 11.1. The Morgan fingerprint density at radius 3 is 2.09 bits per heavy atom. The van der Waals surface area contributed by atoms with E-state index < -0.39 is 9.84 Å². The number of fused-ring (bicyclic) bond motifs is 1. The molecule has 0 saturated heterocycles. The van der Waals surface area contributed by atoms with Gasteiger partial charge in [-0.25, -0.2) is 13.4 Å². The lowest BCUT2D eigenvalue weighted by atomic mass is 9.86. The topological polar surface area (TPSA) is 51.4 Å². The van der Waals surface area contributed by atoms with E-state index in [4.69, 9.17) is 0 Å². The van der Waals surface area contributed by atoms with Crippen molar-refractivity contribution in [3.8, 4) is 32.1 Å². The second-order valence-corrected chi connectivity index (χ2v) is 12.7. The lowest BCUT2D eigenvalue weighted by Crippen LogP contribution is -2.10. The zero-order chi connectivity index (χ0) is 24.1. The van der Waals surface area contributed by atoms with Crippen LogP contribution in [0.2, 0.25) is 0 Å². The lowest BCUT2D eigenvalue weighted by Gasteiger charge is -2.18. The first-order chi connectivity index (χ1) is 16.1. The molecule has 34 heavy (non-hydrogen) atoms. The molecule has 3 heterocycles. The third-order valence-corrected chi connectivity index (χ3v) is 8.31. The standard InChI is InChI=1S/C28H26N2O2S2/c1-28(2,3)22-9-5-20(6-10-22)25-13-14-26(33-25)24-18-29-27-17-21(15-16-30(24)27)19-7-11-23(12-8-19)34(4,31)32/h5-18H,1-4H3. The number of hydrogen-bond donors (Lipinski definition) is 0. The number of benzene rings is 2. The van der Waals surface area contributed by atoms with Crippen molar-refractivity contribution in [1.82, 2.24) is 9.38 Å². The van der Waals surface area contributed by atoms with Gasteiger partial charge in [-0.15, -0.1) is 11.3 Å². The van der Waals surface area contributed by atoms with E-state index >= 15 is 0 Å². The van der Waals surface area contributed by atoms with Gasteiger partial charge in [0.05, 0.1) is 21.7 Å². The Labute approximate surface area is 204 Å². The van der Waals surface area contributed by atoms with Gasteiger partial charge >= 0.3 is 0 Å². The molecule has 0 aliphatic carbocycles. The minimum absolute atomic E-state index is 0.143. The average molecular weight is 487 g/mol. The van der Waals surface area contributed by atoms with Crippen LogP contribution in [0.15, 0.2) is 90.1 Å². The molecule has 4 nitrogen and oxygen atoms in total. The summed E-state index contributed by atoms with van der Waals surface area (Å²) in [5, 5.41) is 0. The second kappa shape index (κ2) is 8.22. The van der Waals surface area contributed by atoms with E-state index in [0.717, 1.165) is 27.3 Å². The van der Waals surface area contributed by atoms with Gasteiger partial charge in [-0.2, -0.15) is 0 Å². The molecule has 0 N–H and O–H groups in total. The molecule has 5 aromatic rings. The quantitative estimate of drug-likeness (QED) is 0.272. The minimum atomic E-state index is -3.21. The first-order valence-corrected chi connectivity index (χ1v) is 13.8. The zero-order valence-electron chi connectivity index (χ0n) is 19.6. The van der Waals surface area contributed by atoms with Crippen molar-refractivity contribution in [3.05, 3.63) is 90.8 Å². The van der Waals surface area contributed by atoms with E-state index in [1.807, 2.05) is 36.7 Å². The van der Waals surface area contributed by atoms with Gasteiger partial charge in [-0.05, 0) is 64.1 Å². The zero-order valence-corrected chi connectivity index (χ0v) is 21.2. The van der Waals surface area contributed by atoms with Crippen LogP contribution in [0.3, 0.4) is 0 Å². The number of thiophene rings is 1. The molecule has 0 atom stereocenters. The van der Waals surface area contributed by atoms with Gasteiger partial charge in [0.15, 0.2) is 9.84 Å². The molecule has 0 saturated carbocycles. The summed E-state index contributed by atoms with van der Waals surface area (Å²) in [6, 6.07) is 24.2. The summed E-state index contributed by atoms with van der Waals surface area (Å²) in [5.74, 6) is 0. The second-order valence-electron chi connectivity index (χ2n) is 9.57. The van der Waals surface area contributed by atoms with Crippen molar-refractivity contribution >= 4 is 26.8 Å². The van der Waals surface area contributed by atoms with Crippen LogP contribution in [0.1, 0.15) is 26.3 Å². The van der Waals surface area contributed by atoms with Crippen LogP contribution >= 0.6 is 11.3 Å². The normalized spacial score (nSPS) is 12.4. The molecule has 0 unspecified atom stereocenters. The summed E-state index contributed by atoms with van der Waals surface area (Å²) in [4.78, 5) is 7.34. The molecule has 0 amide bonds. The van der Waals surface area contributed by atoms with Crippen LogP contribution in [-0.4, -0.2) is 24.1 Å². The molecule has 6 heteroatoms. The minimum Gasteiger partial charge on any atom is -0.299 e. The highest BCUT2D eigenvalue weighted by Gasteiger charge is 2.15. The highest BCUT2D eigenvalue weighted by atomic mass is 32.2. The van der Waals surface area contributed by atoms with E-state index in [1.165, 1.54) is 22.3 Å². The molecule has 2 aromatic carbocycles. The van der Waals surface area contributed by atoms with E-state index in [1.54, 1.807) is 23.5 Å². The number of nitrogens with zero attached hydrogens (tertiary/aromatic N) is 2. The Morgan fingerprint density at radius 2 is 1.44 bits per heavy atom. The fraction of sp³-hybridized carbons (Fsp3) is 0.179. The largest absolute Gasteiger partial charge is 0.299 e. The molecule has 0 radical (unpaired) electrons. The van der Waals surface area contributed by atoms with Gasteiger partial charge in [-0.1, -0.05) is 57.2 Å². The smallest absolute Gasteiger partial charge is 0.175 e. The van der Waals surface area contributed by atoms with E-state index in [0.29, 0.717) is 4.90 Å². The van der Waals surface area contributed by atoms with Gasteiger partial charge in [0.25, 0.3) is 0 Å². The van der Waals surface area contributed by atoms with E-state index in [-0.39, 0.29) is 5.41 Å². The highest BCUT2D eigenvalue weighted by Crippen LogP contribution is 2.36. The van der Waals surface area contributed by atoms with Crippen molar-refractivity contribution < 1.29 is 8.42 Å². The number of aromatic nitrogens is 2. The van der Waals surface area contributed by atoms with Crippen molar-refractivity contribution in [3.63, 3.8) is 0 Å². The van der Waals surface area contributed by atoms with Crippen LogP contribution in [-0.2, 0) is 15.3 Å². The van der Waals surface area contributed by atoms with Crippen molar-refractivity contribution in [2.45, 2.75) is 31.1 Å². The molecule has 5 rings (SSSR count). The maximum absolute atomic E-state index is 11.7. The van der Waals surface area contributed by atoms with E-state index in [2.05, 4.69) is 66.6 Å².